The first-order chi connectivity index (χ1) is 13.3. The highest BCUT2D eigenvalue weighted by Crippen LogP contribution is 2.24. The lowest BCUT2D eigenvalue weighted by Crippen LogP contribution is -2.45. The van der Waals surface area contributed by atoms with Gasteiger partial charge >= 0.3 is 6.03 Å². The third-order valence-electron chi connectivity index (χ3n) is 3.69. The average Bonchev–Trinajstić information content (AvgIpc) is 2.64. The van der Waals surface area contributed by atoms with E-state index in [9.17, 15) is 14.4 Å². The molecule has 0 radical (unpaired) electrons. The summed E-state index contributed by atoms with van der Waals surface area (Å²) < 4.78 is 5.35. The van der Waals surface area contributed by atoms with Gasteiger partial charge in [-0.2, -0.15) is 0 Å². The topological polar surface area (TPSA) is 123 Å². The lowest BCUT2D eigenvalue weighted by Gasteiger charge is -2.19. The summed E-state index contributed by atoms with van der Waals surface area (Å²) in [7, 11) is 0. The van der Waals surface area contributed by atoms with Gasteiger partial charge in [-0.3, -0.25) is 20.4 Å². The van der Waals surface area contributed by atoms with Crippen LogP contribution in [0.1, 0.15) is 23.6 Å². The number of halogens is 1. The maximum Gasteiger partial charge on any atom is 0.312 e. The fraction of sp³-hybridized carbons (Fsp3) is 0.211. The van der Waals surface area contributed by atoms with Gasteiger partial charge in [0.1, 0.15) is 5.75 Å². The lowest BCUT2D eigenvalue weighted by atomic mass is 10.0. The predicted molar refractivity (Wildman–Crippen MR) is 104 cm³/mol. The quantitative estimate of drug-likeness (QED) is 0.527. The van der Waals surface area contributed by atoms with E-state index >= 15 is 0 Å². The fourth-order valence-electron chi connectivity index (χ4n) is 2.43. The van der Waals surface area contributed by atoms with Gasteiger partial charge in [0.15, 0.2) is 6.61 Å². The first kappa shape index (κ1) is 21.0. The van der Waals surface area contributed by atoms with Gasteiger partial charge in [-0.1, -0.05) is 41.9 Å². The van der Waals surface area contributed by atoms with E-state index in [4.69, 9.17) is 22.1 Å². The predicted octanol–water partition coefficient (Wildman–Crippen LogP) is 1.97. The Morgan fingerprint density at radius 1 is 1.07 bits per heavy atom. The lowest BCUT2D eigenvalue weighted by molar-refractivity contribution is -0.130. The van der Waals surface area contributed by atoms with Crippen molar-refractivity contribution in [2.24, 2.45) is 5.73 Å². The van der Waals surface area contributed by atoms with Crippen molar-refractivity contribution in [1.29, 1.82) is 0 Å². The second-order valence-electron chi connectivity index (χ2n) is 5.99. The Labute approximate surface area is 167 Å². The standard InChI is InChI=1S/C19H21ClN4O4/c1-12-5-4-6-13(9-12)28-11-18(26)24-23-17(25)10-16(22-19(21)27)14-7-2-3-8-15(14)20/h2-9,16H,10-11H2,1H3,(H,23,25)(H,24,26)(H3,21,22,27)/t16-/m0/s1. The Morgan fingerprint density at radius 2 is 1.79 bits per heavy atom. The molecule has 0 spiro atoms. The summed E-state index contributed by atoms with van der Waals surface area (Å²) in [5, 5.41) is 2.84. The molecular formula is C19H21ClN4O4. The number of ether oxygens (including phenoxy) is 1. The number of hydrogen-bond acceptors (Lipinski definition) is 4. The van der Waals surface area contributed by atoms with Gasteiger partial charge in [0, 0.05) is 5.02 Å². The minimum atomic E-state index is -0.798. The molecule has 148 valence electrons. The molecule has 5 N–H and O–H groups in total. The average molecular weight is 405 g/mol. The van der Waals surface area contributed by atoms with Gasteiger partial charge < -0.3 is 15.8 Å². The maximum atomic E-state index is 12.1. The van der Waals surface area contributed by atoms with Crippen molar-refractivity contribution in [1.82, 2.24) is 16.2 Å². The van der Waals surface area contributed by atoms with Crippen LogP contribution in [0.15, 0.2) is 48.5 Å². The van der Waals surface area contributed by atoms with E-state index < -0.39 is 23.9 Å². The van der Waals surface area contributed by atoms with Crippen LogP contribution < -0.4 is 26.6 Å². The van der Waals surface area contributed by atoms with Crippen LogP contribution in [0.2, 0.25) is 5.02 Å². The van der Waals surface area contributed by atoms with Gasteiger partial charge in [-0.15, -0.1) is 0 Å². The third-order valence-corrected chi connectivity index (χ3v) is 4.03. The molecule has 0 fully saturated rings. The number of hydrazine groups is 1. The van der Waals surface area contributed by atoms with E-state index in [1.807, 2.05) is 19.1 Å². The monoisotopic (exact) mass is 404 g/mol. The number of carbonyl (C=O) groups excluding carboxylic acids is 3. The molecule has 0 unspecified atom stereocenters. The first-order valence-electron chi connectivity index (χ1n) is 8.42. The minimum Gasteiger partial charge on any atom is -0.484 e. The van der Waals surface area contributed by atoms with Crippen molar-refractivity contribution in [2.45, 2.75) is 19.4 Å². The SMILES string of the molecule is Cc1cccc(OCC(=O)NNC(=O)C[C@H](NC(N)=O)c2ccccc2Cl)c1. The summed E-state index contributed by atoms with van der Waals surface area (Å²) in [6.07, 6.45) is -0.175. The summed E-state index contributed by atoms with van der Waals surface area (Å²) in [5.74, 6) is -0.527. The molecule has 0 aliphatic rings. The molecule has 28 heavy (non-hydrogen) atoms. The second kappa shape index (κ2) is 10.2. The highest BCUT2D eigenvalue weighted by molar-refractivity contribution is 6.31. The molecular weight excluding hydrogens is 384 g/mol. The molecule has 0 aliphatic carbocycles. The van der Waals surface area contributed by atoms with Crippen molar-refractivity contribution >= 4 is 29.4 Å². The van der Waals surface area contributed by atoms with Crippen LogP contribution in [0.3, 0.4) is 0 Å². The molecule has 0 heterocycles. The van der Waals surface area contributed by atoms with Gasteiger partial charge in [0.2, 0.25) is 5.91 Å². The summed E-state index contributed by atoms with van der Waals surface area (Å²) >= 11 is 6.11. The van der Waals surface area contributed by atoms with Crippen LogP contribution in [0.5, 0.6) is 5.75 Å². The van der Waals surface area contributed by atoms with Gasteiger partial charge in [0.25, 0.3) is 5.91 Å². The van der Waals surface area contributed by atoms with Crippen molar-refractivity contribution in [3.8, 4) is 5.75 Å². The zero-order valence-corrected chi connectivity index (χ0v) is 16.0. The highest BCUT2D eigenvalue weighted by Gasteiger charge is 2.20. The first-order valence-corrected chi connectivity index (χ1v) is 8.80. The number of amides is 4. The summed E-state index contributed by atoms with van der Waals surface area (Å²) in [6.45, 7) is 1.64. The molecule has 2 aromatic rings. The Kier molecular flexibility index (Phi) is 7.65. The van der Waals surface area contributed by atoms with E-state index in [2.05, 4.69) is 16.2 Å². The third kappa shape index (κ3) is 6.81. The molecule has 0 aliphatic heterocycles. The Balaban J connectivity index is 1.85. The summed E-state index contributed by atoms with van der Waals surface area (Å²) in [5.41, 5.74) is 11.2. The van der Waals surface area contributed by atoms with Crippen molar-refractivity contribution < 1.29 is 19.1 Å². The van der Waals surface area contributed by atoms with Crippen LogP contribution in [0.4, 0.5) is 4.79 Å². The molecule has 0 saturated carbocycles. The molecule has 1 atom stereocenters. The van der Waals surface area contributed by atoms with E-state index in [1.165, 1.54) is 0 Å². The Morgan fingerprint density at radius 3 is 2.46 bits per heavy atom. The number of hydrogen-bond donors (Lipinski definition) is 4. The number of carbonyl (C=O) groups is 3. The smallest absolute Gasteiger partial charge is 0.312 e. The number of rotatable bonds is 7. The van der Waals surface area contributed by atoms with E-state index in [0.717, 1.165) is 5.56 Å². The normalized spacial score (nSPS) is 11.2. The number of nitrogens with two attached hydrogens (primary N) is 1. The van der Waals surface area contributed by atoms with Gasteiger partial charge in [-0.05, 0) is 36.2 Å². The number of aryl methyl sites for hydroxylation is 1. The Bertz CT molecular complexity index is 859. The molecule has 9 heteroatoms. The van der Waals surface area contributed by atoms with Crippen LogP contribution in [0, 0.1) is 6.92 Å². The maximum absolute atomic E-state index is 12.1. The molecule has 0 aromatic heterocycles. The number of nitrogens with one attached hydrogen (secondary N) is 3. The number of urea groups is 1. The molecule has 8 nitrogen and oxygen atoms in total. The minimum absolute atomic E-state index is 0.175. The van der Waals surface area contributed by atoms with E-state index in [1.54, 1.807) is 36.4 Å². The van der Waals surface area contributed by atoms with Crippen LogP contribution in [0.25, 0.3) is 0 Å². The van der Waals surface area contributed by atoms with E-state index in [0.29, 0.717) is 16.3 Å². The number of benzene rings is 2. The molecule has 2 aromatic carbocycles. The molecule has 2 rings (SSSR count). The van der Waals surface area contributed by atoms with Crippen LogP contribution in [-0.2, 0) is 9.59 Å². The largest absolute Gasteiger partial charge is 0.484 e. The fourth-order valence-corrected chi connectivity index (χ4v) is 2.70. The van der Waals surface area contributed by atoms with Crippen molar-refractivity contribution in [3.05, 3.63) is 64.7 Å². The summed E-state index contributed by atoms with van der Waals surface area (Å²) in [6, 6.07) is 12.4. The van der Waals surface area contributed by atoms with Crippen LogP contribution >= 0.6 is 11.6 Å². The molecule has 4 amide bonds. The van der Waals surface area contributed by atoms with E-state index in [-0.39, 0.29) is 13.0 Å². The highest BCUT2D eigenvalue weighted by atomic mass is 35.5. The molecule has 0 bridgehead atoms. The summed E-state index contributed by atoms with van der Waals surface area (Å²) in [4.78, 5) is 35.2. The Hall–Kier alpha value is -3.26. The van der Waals surface area contributed by atoms with Gasteiger partial charge in [0.05, 0.1) is 12.5 Å². The van der Waals surface area contributed by atoms with Crippen molar-refractivity contribution in [2.75, 3.05) is 6.61 Å². The second-order valence-corrected chi connectivity index (χ2v) is 6.40. The zero-order valence-electron chi connectivity index (χ0n) is 15.2. The molecule has 0 saturated heterocycles. The van der Waals surface area contributed by atoms with Gasteiger partial charge in [-0.25, -0.2) is 4.79 Å². The van der Waals surface area contributed by atoms with Crippen LogP contribution in [-0.4, -0.2) is 24.5 Å². The number of primary amides is 1. The zero-order chi connectivity index (χ0) is 20.5. The van der Waals surface area contributed by atoms with Crippen molar-refractivity contribution in [3.63, 3.8) is 0 Å².